The Balaban J connectivity index is 2.50. The first kappa shape index (κ1) is 12.5. The third-order valence-electron chi connectivity index (χ3n) is 2.05. The molecule has 0 saturated carbocycles. The van der Waals surface area contributed by atoms with E-state index in [0.29, 0.717) is 12.4 Å². The zero-order chi connectivity index (χ0) is 11.5. The van der Waals surface area contributed by atoms with Crippen molar-refractivity contribution in [3.63, 3.8) is 0 Å². The van der Waals surface area contributed by atoms with E-state index in [4.69, 9.17) is 11.6 Å². The van der Waals surface area contributed by atoms with Crippen LogP contribution in [0.25, 0.3) is 0 Å². The van der Waals surface area contributed by atoms with Crippen LogP contribution in [0.3, 0.4) is 0 Å². The van der Waals surface area contributed by atoms with Gasteiger partial charge in [0.05, 0.1) is 4.88 Å². The number of rotatable bonds is 4. The van der Waals surface area contributed by atoms with Crippen molar-refractivity contribution in [2.24, 2.45) is 5.41 Å². The Hall–Kier alpha value is -0.540. The predicted octanol–water partition coefficient (Wildman–Crippen LogP) is 3.05. The highest BCUT2D eigenvalue weighted by molar-refractivity contribution is 7.13. The minimum absolute atomic E-state index is 0.00806. The van der Waals surface area contributed by atoms with Crippen molar-refractivity contribution in [1.29, 1.82) is 0 Å². The molecule has 0 aliphatic heterocycles. The lowest BCUT2D eigenvalue weighted by Crippen LogP contribution is -2.34. The molecular formula is C11H16ClNOS. The molecule has 15 heavy (non-hydrogen) atoms. The molecule has 1 aromatic rings. The number of alkyl halides is 1. The van der Waals surface area contributed by atoms with E-state index >= 15 is 0 Å². The van der Waals surface area contributed by atoms with Gasteiger partial charge >= 0.3 is 0 Å². The van der Waals surface area contributed by atoms with Crippen molar-refractivity contribution in [1.82, 2.24) is 5.32 Å². The summed E-state index contributed by atoms with van der Waals surface area (Å²) in [7, 11) is 0. The van der Waals surface area contributed by atoms with Gasteiger partial charge in [-0.05, 0) is 24.5 Å². The topological polar surface area (TPSA) is 29.1 Å². The van der Waals surface area contributed by atoms with Crippen LogP contribution in [-0.4, -0.2) is 18.3 Å². The summed E-state index contributed by atoms with van der Waals surface area (Å²) in [5.74, 6) is 0.530. The fourth-order valence-corrected chi connectivity index (χ4v) is 1.89. The number of halogens is 1. The largest absolute Gasteiger partial charge is 0.351 e. The standard InChI is InChI=1S/C11H16ClNOS/c1-8-4-5-9(15-8)10(14)13-7-11(2,3)6-12/h4-5H,6-7H2,1-3H3,(H,13,14). The molecule has 2 nitrogen and oxygen atoms in total. The maximum absolute atomic E-state index is 11.7. The summed E-state index contributed by atoms with van der Waals surface area (Å²) in [4.78, 5) is 13.6. The summed E-state index contributed by atoms with van der Waals surface area (Å²) < 4.78 is 0. The molecule has 1 aromatic heterocycles. The van der Waals surface area contributed by atoms with Gasteiger partial charge in [0.15, 0.2) is 0 Å². The molecule has 1 N–H and O–H groups in total. The van der Waals surface area contributed by atoms with E-state index in [-0.39, 0.29) is 11.3 Å². The summed E-state index contributed by atoms with van der Waals surface area (Å²) in [6.07, 6.45) is 0. The Labute approximate surface area is 99.6 Å². The van der Waals surface area contributed by atoms with Crippen molar-refractivity contribution in [3.05, 3.63) is 21.9 Å². The van der Waals surface area contributed by atoms with E-state index in [1.54, 1.807) is 0 Å². The van der Waals surface area contributed by atoms with Gasteiger partial charge in [0.2, 0.25) is 0 Å². The molecule has 0 bridgehead atoms. The Morgan fingerprint density at radius 3 is 2.67 bits per heavy atom. The van der Waals surface area contributed by atoms with Crippen molar-refractivity contribution < 1.29 is 4.79 Å². The molecule has 0 atom stereocenters. The number of thiophene rings is 1. The molecular weight excluding hydrogens is 230 g/mol. The molecule has 1 rings (SSSR count). The van der Waals surface area contributed by atoms with Crippen LogP contribution in [0.5, 0.6) is 0 Å². The van der Waals surface area contributed by atoms with Crippen LogP contribution in [0.2, 0.25) is 0 Å². The highest BCUT2D eigenvalue weighted by Gasteiger charge is 2.18. The minimum atomic E-state index is -0.0521. The SMILES string of the molecule is Cc1ccc(C(=O)NCC(C)(C)CCl)s1. The number of hydrogen-bond acceptors (Lipinski definition) is 2. The van der Waals surface area contributed by atoms with Crippen molar-refractivity contribution in [2.75, 3.05) is 12.4 Å². The molecule has 0 unspecified atom stereocenters. The Morgan fingerprint density at radius 1 is 1.53 bits per heavy atom. The molecule has 0 fully saturated rings. The van der Waals surface area contributed by atoms with Gasteiger partial charge in [0.25, 0.3) is 5.91 Å². The van der Waals surface area contributed by atoms with Crippen LogP contribution in [0.1, 0.15) is 28.4 Å². The highest BCUT2D eigenvalue weighted by Crippen LogP contribution is 2.17. The molecule has 0 radical (unpaired) electrons. The van der Waals surface area contributed by atoms with Crippen LogP contribution in [0.15, 0.2) is 12.1 Å². The third-order valence-corrected chi connectivity index (χ3v) is 3.78. The molecule has 1 heterocycles. The first-order valence-corrected chi connectivity index (χ1v) is 6.20. The smallest absolute Gasteiger partial charge is 0.261 e. The third kappa shape index (κ3) is 3.84. The Morgan fingerprint density at radius 2 is 2.20 bits per heavy atom. The van der Waals surface area contributed by atoms with E-state index in [0.717, 1.165) is 9.75 Å². The summed E-state index contributed by atoms with van der Waals surface area (Å²) in [5, 5.41) is 2.89. The average molecular weight is 246 g/mol. The number of carbonyl (C=O) groups excluding carboxylic acids is 1. The number of aryl methyl sites for hydroxylation is 1. The van der Waals surface area contributed by atoms with Gasteiger partial charge in [0.1, 0.15) is 0 Å². The normalized spacial score (nSPS) is 11.5. The van der Waals surface area contributed by atoms with Crippen LogP contribution < -0.4 is 5.32 Å². The van der Waals surface area contributed by atoms with Gasteiger partial charge in [-0.1, -0.05) is 13.8 Å². The van der Waals surface area contributed by atoms with E-state index in [1.807, 2.05) is 32.9 Å². The van der Waals surface area contributed by atoms with Gasteiger partial charge in [0, 0.05) is 17.3 Å². The second-order valence-corrected chi connectivity index (χ2v) is 5.95. The van der Waals surface area contributed by atoms with Gasteiger partial charge < -0.3 is 5.32 Å². The minimum Gasteiger partial charge on any atom is -0.351 e. The zero-order valence-corrected chi connectivity index (χ0v) is 10.8. The quantitative estimate of drug-likeness (QED) is 0.812. The molecule has 84 valence electrons. The second kappa shape index (κ2) is 4.99. The van der Waals surface area contributed by atoms with E-state index in [1.165, 1.54) is 11.3 Å². The number of amides is 1. The Bertz CT molecular complexity index is 346. The van der Waals surface area contributed by atoms with Gasteiger partial charge in [-0.2, -0.15) is 0 Å². The summed E-state index contributed by atoms with van der Waals surface area (Å²) in [5.41, 5.74) is -0.0521. The monoisotopic (exact) mass is 245 g/mol. The lowest BCUT2D eigenvalue weighted by Gasteiger charge is -2.21. The van der Waals surface area contributed by atoms with E-state index in [2.05, 4.69) is 5.32 Å². The van der Waals surface area contributed by atoms with Crippen molar-refractivity contribution in [3.8, 4) is 0 Å². The van der Waals surface area contributed by atoms with Crippen LogP contribution in [0.4, 0.5) is 0 Å². The molecule has 0 aromatic carbocycles. The molecule has 4 heteroatoms. The first-order chi connectivity index (χ1) is 6.94. The van der Waals surface area contributed by atoms with Gasteiger partial charge in [-0.15, -0.1) is 22.9 Å². The van der Waals surface area contributed by atoms with Crippen molar-refractivity contribution in [2.45, 2.75) is 20.8 Å². The molecule has 0 saturated heterocycles. The predicted molar refractivity (Wildman–Crippen MR) is 65.9 cm³/mol. The lowest BCUT2D eigenvalue weighted by molar-refractivity contribution is 0.0944. The van der Waals surface area contributed by atoms with Crippen molar-refractivity contribution >= 4 is 28.8 Å². The second-order valence-electron chi connectivity index (χ2n) is 4.39. The van der Waals surface area contributed by atoms with Gasteiger partial charge in [-0.3, -0.25) is 4.79 Å². The fraction of sp³-hybridized carbons (Fsp3) is 0.545. The molecule has 1 amide bonds. The molecule has 0 aliphatic rings. The van der Waals surface area contributed by atoms with Crippen LogP contribution in [-0.2, 0) is 0 Å². The van der Waals surface area contributed by atoms with Gasteiger partial charge in [-0.25, -0.2) is 0 Å². The highest BCUT2D eigenvalue weighted by atomic mass is 35.5. The van der Waals surface area contributed by atoms with Crippen LogP contribution >= 0.6 is 22.9 Å². The van der Waals surface area contributed by atoms with Crippen LogP contribution in [0, 0.1) is 12.3 Å². The molecule has 0 aliphatic carbocycles. The maximum atomic E-state index is 11.7. The average Bonchev–Trinajstić information content (AvgIpc) is 2.61. The summed E-state index contributed by atoms with van der Waals surface area (Å²) in [6, 6.07) is 3.80. The maximum Gasteiger partial charge on any atom is 0.261 e. The fourth-order valence-electron chi connectivity index (χ4n) is 1.01. The summed E-state index contributed by atoms with van der Waals surface area (Å²) in [6.45, 7) is 6.65. The number of carbonyl (C=O) groups is 1. The number of hydrogen-bond donors (Lipinski definition) is 1. The lowest BCUT2D eigenvalue weighted by atomic mass is 9.96. The summed E-state index contributed by atoms with van der Waals surface area (Å²) >= 11 is 7.29. The Kier molecular flexibility index (Phi) is 4.17. The van der Waals surface area contributed by atoms with E-state index < -0.39 is 0 Å². The number of nitrogens with one attached hydrogen (secondary N) is 1. The first-order valence-electron chi connectivity index (χ1n) is 4.85. The van der Waals surface area contributed by atoms with E-state index in [9.17, 15) is 4.79 Å². The molecule has 0 spiro atoms. The zero-order valence-electron chi connectivity index (χ0n) is 9.26.